The molecule has 0 bridgehead atoms. The molecule has 0 fully saturated rings. The Morgan fingerprint density at radius 2 is 1.74 bits per heavy atom. The molecule has 0 heterocycles. The van der Waals surface area contributed by atoms with Crippen molar-refractivity contribution in [2.45, 2.75) is 46.5 Å². The lowest BCUT2D eigenvalue weighted by molar-refractivity contribution is 0.283. The molecular weight excluding hydrogens is 272 g/mol. The standard InChI is InChI=1S/C15H26N2S2/c1-4-10-17(6-3)11-8-7-9-16-13-12(5-2)14(18)15(13)19/h16H,4-11H2,1-3H3. The number of nitrogens with zero attached hydrogens (tertiary/aromatic N) is 1. The first kappa shape index (κ1) is 16.7. The molecule has 1 N–H and O–H groups in total. The molecule has 0 saturated heterocycles. The zero-order valence-electron chi connectivity index (χ0n) is 12.4. The van der Waals surface area contributed by atoms with Crippen molar-refractivity contribution >= 4 is 30.1 Å². The van der Waals surface area contributed by atoms with E-state index in [9.17, 15) is 0 Å². The van der Waals surface area contributed by atoms with E-state index in [1.165, 1.54) is 37.9 Å². The number of anilines is 1. The van der Waals surface area contributed by atoms with Gasteiger partial charge < -0.3 is 10.2 Å². The van der Waals surface area contributed by atoms with Gasteiger partial charge in [0.2, 0.25) is 0 Å². The van der Waals surface area contributed by atoms with Crippen LogP contribution in [0.25, 0.3) is 0 Å². The maximum Gasteiger partial charge on any atom is 0.0796 e. The van der Waals surface area contributed by atoms with Gasteiger partial charge in [0.25, 0.3) is 0 Å². The lowest BCUT2D eigenvalue weighted by Crippen LogP contribution is -2.25. The van der Waals surface area contributed by atoms with Gasteiger partial charge in [-0.15, -0.1) is 0 Å². The van der Waals surface area contributed by atoms with Crippen molar-refractivity contribution in [3.8, 4) is 0 Å². The van der Waals surface area contributed by atoms with Crippen molar-refractivity contribution in [1.82, 2.24) is 4.90 Å². The Labute approximate surface area is 127 Å². The first-order valence-electron chi connectivity index (χ1n) is 7.44. The minimum atomic E-state index is 0.869. The number of nitrogens with one attached hydrogen (secondary N) is 1. The van der Waals surface area contributed by atoms with E-state index >= 15 is 0 Å². The van der Waals surface area contributed by atoms with Crippen LogP contribution in [0.15, 0.2) is 0 Å². The summed E-state index contributed by atoms with van der Waals surface area (Å²) in [7, 11) is 0. The molecule has 1 aromatic rings. The summed E-state index contributed by atoms with van der Waals surface area (Å²) >= 11 is 10.5. The van der Waals surface area contributed by atoms with Crippen molar-refractivity contribution in [2.24, 2.45) is 0 Å². The molecule has 0 amide bonds. The van der Waals surface area contributed by atoms with Gasteiger partial charge in [-0.3, -0.25) is 0 Å². The van der Waals surface area contributed by atoms with Crippen molar-refractivity contribution < 1.29 is 0 Å². The summed E-state index contributed by atoms with van der Waals surface area (Å²) in [6, 6.07) is 0. The Balaban J connectivity index is 2.23. The molecule has 108 valence electrons. The normalized spacial score (nSPS) is 11.4. The van der Waals surface area contributed by atoms with Crippen LogP contribution >= 0.6 is 24.4 Å². The van der Waals surface area contributed by atoms with Gasteiger partial charge in [0, 0.05) is 6.54 Å². The predicted octanol–water partition coefficient (Wildman–Crippen LogP) is 4.51. The van der Waals surface area contributed by atoms with E-state index in [1.54, 1.807) is 0 Å². The Morgan fingerprint density at radius 3 is 2.32 bits per heavy atom. The number of rotatable bonds is 10. The maximum absolute atomic E-state index is 5.27. The number of unbranched alkanes of at least 4 members (excludes halogenated alkanes) is 1. The van der Waals surface area contributed by atoms with Crippen LogP contribution in [0.1, 0.15) is 45.6 Å². The zero-order chi connectivity index (χ0) is 14.3. The van der Waals surface area contributed by atoms with E-state index in [-0.39, 0.29) is 0 Å². The van der Waals surface area contributed by atoms with Crippen LogP contribution < -0.4 is 5.32 Å². The van der Waals surface area contributed by atoms with Gasteiger partial charge in [0.15, 0.2) is 0 Å². The van der Waals surface area contributed by atoms with Crippen molar-refractivity contribution in [2.75, 3.05) is 31.5 Å². The molecule has 4 heteroatoms. The molecule has 0 spiro atoms. The average Bonchev–Trinajstić information content (AvgIpc) is 2.43. The Hall–Kier alpha value is -0.320. The summed E-state index contributed by atoms with van der Waals surface area (Å²) in [5.74, 6) is 0. The summed E-state index contributed by atoms with van der Waals surface area (Å²) < 4.78 is 1.77. The molecule has 0 aromatic heterocycles. The fourth-order valence-corrected chi connectivity index (χ4v) is 3.05. The second-order valence-electron chi connectivity index (χ2n) is 4.93. The second kappa shape index (κ2) is 8.77. The van der Waals surface area contributed by atoms with Crippen molar-refractivity contribution in [3.05, 3.63) is 14.6 Å². The van der Waals surface area contributed by atoms with E-state index in [0.717, 1.165) is 34.2 Å². The fourth-order valence-electron chi connectivity index (χ4n) is 2.38. The largest absolute Gasteiger partial charge is 0.384 e. The van der Waals surface area contributed by atoms with Crippen LogP contribution in [0, 0.1) is 9.02 Å². The van der Waals surface area contributed by atoms with Gasteiger partial charge >= 0.3 is 0 Å². The van der Waals surface area contributed by atoms with E-state index in [2.05, 4.69) is 31.0 Å². The summed E-state index contributed by atoms with van der Waals surface area (Å²) in [5, 5.41) is 3.46. The van der Waals surface area contributed by atoms with Crippen LogP contribution in [-0.2, 0) is 6.42 Å². The molecule has 1 aromatic carbocycles. The fraction of sp³-hybridized carbons (Fsp3) is 0.733. The molecule has 0 aliphatic heterocycles. The van der Waals surface area contributed by atoms with Gasteiger partial charge in [0.1, 0.15) is 0 Å². The SMILES string of the molecule is CCCN(CC)CCCCNc1c(CC)c(=S)c1=S. The van der Waals surface area contributed by atoms with Crippen molar-refractivity contribution in [3.63, 3.8) is 0 Å². The summed E-state index contributed by atoms with van der Waals surface area (Å²) in [6.45, 7) is 11.2. The third kappa shape index (κ3) is 4.62. The third-order valence-electron chi connectivity index (χ3n) is 3.55. The molecule has 0 unspecified atom stereocenters. The average molecular weight is 299 g/mol. The molecule has 0 aliphatic carbocycles. The maximum atomic E-state index is 5.27. The Morgan fingerprint density at radius 1 is 1.00 bits per heavy atom. The van der Waals surface area contributed by atoms with Gasteiger partial charge in [0.05, 0.1) is 14.7 Å². The van der Waals surface area contributed by atoms with Crippen LogP contribution in [0.4, 0.5) is 5.69 Å². The highest BCUT2D eigenvalue weighted by Gasteiger charge is 2.11. The van der Waals surface area contributed by atoms with E-state index in [0.29, 0.717) is 0 Å². The third-order valence-corrected chi connectivity index (χ3v) is 4.54. The highest BCUT2D eigenvalue weighted by atomic mass is 32.1. The molecule has 2 nitrogen and oxygen atoms in total. The monoisotopic (exact) mass is 298 g/mol. The van der Waals surface area contributed by atoms with Crippen molar-refractivity contribution in [1.29, 1.82) is 0 Å². The number of hydrogen-bond donors (Lipinski definition) is 1. The highest BCUT2D eigenvalue weighted by molar-refractivity contribution is 7.74. The topological polar surface area (TPSA) is 15.3 Å². The quantitative estimate of drug-likeness (QED) is 0.505. The molecule has 0 atom stereocenters. The van der Waals surface area contributed by atoms with Gasteiger partial charge in [-0.2, -0.15) is 0 Å². The van der Waals surface area contributed by atoms with Gasteiger partial charge in [-0.25, -0.2) is 0 Å². The number of hydrogen-bond acceptors (Lipinski definition) is 4. The van der Waals surface area contributed by atoms with Crippen LogP contribution in [0.5, 0.6) is 0 Å². The summed E-state index contributed by atoms with van der Waals surface area (Å²) in [5.41, 5.74) is 2.39. The zero-order valence-corrected chi connectivity index (χ0v) is 14.1. The lowest BCUT2D eigenvalue weighted by atomic mass is 10.1. The Kier molecular flexibility index (Phi) is 7.73. The molecule has 0 aliphatic rings. The van der Waals surface area contributed by atoms with E-state index in [4.69, 9.17) is 24.4 Å². The first-order valence-corrected chi connectivity index (χ1v) is 8.25. The minimum Gasteiger partial charge on any atom is -0.384 e. The first-order chi connectivity index (χ1) is 9.15. The molecule has 1 rings (SSSR count). The smallest absolute Gasteiger partial charge is 0.0796 e. The predicted molar refractivity (Wildman–Crippen MR) is 90.0 cm³/mol. The Bertz CT molecular complexity index is 447. The molecule has 0 saturated carbocycles. The summed E-state index contributed by atoms with van der Waals surface area (Å²) in [6.07, 6.45) is 4.66. The van der Waals surface area contributed by atoms with Gasteiger partial charge in [-0.1, -0.05) is 45.2 Å². The van der Waals surface area contributed by atoms with Crippen LogP contribution in [0.2, 0.25) is 0 Å². The second-order valence-corrected chi connectivity index (χ2v) is 5.75. The van der Waals surface area contributed by atoms with E-state index < -0.39 is 0 Å². The highest BCUT2D eigenvalue weighted by Crippen LogP contribution is 2.26. The molecule has 19 heavy (non-hydrogen) atoms. The van der Waals surface area contributed by atoms with E-state index in [1.807, 2.05) is 0 Å². The summed E-state index contributed by atoms with van der Waals surface area (Å²) in [4.78, 5) is 2.51. The van der Waals surface area contributed by atoms with Gasteiger partial charge in [-0.05, 0) is 50.9 Å². The minimum absolute atomic E-state index is 0.869. The lowest BCUT2D eigenvalue weighted by Gasteiger charge is -2.19. The molecule has 0 radical (unpaired) electrons. The van der Waals surface area contributed by atoms with Crippen LogP contribution in [-0.4, -0.2) is 31.1 Å². The van der Waals surface area contributed by atoms with Crippen LogP contribution in [0.3, 0.4) is 0 Å². The molecular formula is C15H26N2S2.